The Kier molecular flexibility index (Phi) is 7.65. The molecule has 1 saturated heterocycles. The number of carbonyl (C=O) groups is 1. The molecule has 3 heterocycles. The van der Waals surface area contributed by atoms with Crippen molar-refractivity contribution in [1.82, 2.24) is 19.8 Å². The van der Waals surface area contributed by atoms with Crippen molar-refractivity contribution in [2.24, 2.45) is 0 Å². The first-order valence-corrected chi connectivity index (χ1v) is 13.5. The Morgan fingerprint density at radius 2 is 1.79 bits per heavy atom. The molecular weight excluding hydrogens is 506 g/mol. The van der Waals surface area contributed by atoms with E-state index in [0.29, 0.717) is 23.1 Å². The minimum absolute atomic E-state index is 0.104. The molecule has 0 saturated carbocycles. The molecule has 1 aliphatic heterocycles. The third-order valence-corrected chi connectivity index (χ3v) is 7.66. The summed E-state index contributed by atoms with van der Waals surface area (Å²) in [7, 11) is 1.59. The van der Waals surface area contributed by atoms with Gasteiger partial charge in [0.15, 0.2) is 5.11 Å². The maximum Gasteiger partial charge on any atom is 0.226 e. The van der Waals surface area contributed by atoms with E-state index in [9.17, 15) is 4.79 Å². The third kappa shape index (κ3) is 5.25. The molecule has 200 valence electrons. The molecule has 39 heavy (non-hydrogen) atoms. The number of hydrogen-bond acceptors (Lipinski definition) is 4. The Balaban J connectivity index is 1.47. The van der Waals surface area contributed by atoms with Crippen LogP contribution in [0, 0.1) is 20.8 Å². The van der Waals surface area contributed by atoms with Crippen LogP contribution in [0.1, 0.15) is 46.7 Å². The molecule has 0 radical (unpaired) electrons. The largest absolute Gasteiger partial charge is 0.495 e. The van der Waals surface area contributed by atoms with Crippen molar-refractivity contribution < 1.29 is 9.53 Å². The Hall–Kier alpha value is -4.17. The lowest BCUT2D eigenvalue weighted by Crippen LogP contribution is -2.33. The molecule has 0 spiro atoms. The lowest BCUT2D eigenvalue weighted by atomic mass is 9.96. The van der Waals surface area contributed by atoms with E-state index >= 15 is 0 Å². The predicted molar refractivity (Wildman–Crippen MR) is 158 cm³/mol. The molecule has 5 rings (SSSR count). The fourth-order valence-corrected chi connectivity index (χ4v) is 5.77. The highest BCUT2D eigenvalue weighted by Crippen LogP contribution is 2.41. The van der Waals surface area contributed by atoms with Gasteiger partial charge in [0.05, 0.1) is 30.6 Å². The van der Waals surface area contributed by atoms with Gasteiger partial charge in [-0.3, -0.25) is 9.78 Å². The van der Waals surface area contributed by atoms with Crippen molar-refractivity contribution in [3.63, 3.8) is 0 Å². The average molecular weight is 540 g/mol. The Labute approximate surface area is 234 Å². The molecule has 1 fully saturated rings. The molecule has 7 nitrogen and oxygen atoms in total. The zero-order valence-corrected chi connectivity index (χ0v) is 23.5. The summed E-state index contributed by atoms with van der Waals surface area (Å²) in [6.45, 7) is 6.86. The zero-order valence-electron chi connectivity index (χ0n) is 22.6. The number of amides is 1. The summed E-state index contributed by atoms with van der Waals surface area (Å²) >= 11 is 5.84. The topological polar surface area (TPSA) is 71.4 Å². The van der Waals surface area contributed by atoms with Crippen LogP contribution in [0.5, 0.6) is 5.75 Å². The number of aryl methyl sites for hydroxylation is 2. The SMILES string of the molecule is COc1ccccc1NC(=O)CCN1C(=S)NC(c2ccccn2)C1c1cc(C)n(-c2ccccc2C)c1C. The fraction of sp³-hybridized carbons (Fsp3) is 0.258. The maximum absolute atomic E-state index is 13.0. The van der Waals surface area contributed by atoms with Gasteiger partial charge in [0.25, 0.3) is 0 Å². The van der Waals surface area contributed by atoms with Crippen molar-refractivity contribution in [1.29, 1.82) is 0 Å². The van der Waals surface area contributed by atoms with Crippen molar-refractivity contribution in [3.05, 3.63) is 107 Å². The van der Waals surface area contributed by atoms with Crippen LogP contribution in [0.2, 0.25) is 0 Å². The number of benzene rings is 2. The first-order chi connectivity index (χ1) is 18.9. The third-order valence-electron chi connectivity index (χ3n) is 7.30. The van der Waals surface area contributed by atoms with Gasteiger partial charge in [-0.05, 0) is 80.5 Å². The first kappa shape index (κ1) is 26.4. The number of nitrogens with zero attached hydrogens (tertiary/aromatic N) is 3. The summed E-state index contributed by atoms with van der Waals surface area (Å²) in [5, 5.41) is 7.09. The van der Waals surface area contributed by atoms with Gasteiger partial charge in [0.2, 0.25) is 5.91 Å². The van der Waals surface area contributed by atoms with Crippen molar-refractivity contribution >= 4 is 28.9 Å². The summed E-state index contributed by atoms with van der Waals surface area (Å²) in [6, 6.07) is 23.7. The second kappa shape index (κ2) is 11.3. The summed E-state index contributed by atoms with van der Waals surface area (Å²) < 4.78 is 7.69. The minimum atomic E-state index is -0.151. The second-order valence-electron chi connectivity index (χ2n) is 9.77. The van der Waals surface area contributed by atoms with E-state index in [2.05, 4.69) is 76.2 Å². The number of carbonyl (C=O) groups excluding carboxylic acids is 1. The molecule has 8 heteroatoms. The van der Waals surface area contributed by atoms with Crippen LogP contribution in [0.25, 0.3) is 5.69 Å². The molecule has 2 unspecified atom stereocenters. The monoisotopic (exact) mass is 539 g/mol. The van der Waals surface area contributed by atoms with Crippen LogP contribution in [0.15, 0.2) is 79.0 Å². The highest BCUT2D eigenvalue weighted by Gasteiger charge is 2.41. The minimum Gasteiger partial charge on any atom is -0.495 e. The number of para-hydroxylation sites is 3. The lowest BCUT2D eigenvalue weighted by Gasteiger charge is -2.28. The van der Waals surface area contributed by atoms with Crippen molar-refractivity contribution in [2.75, 3.05) is 19.0 Å². The van der Waals surface area contributed by atoms with Gasteiger partial charge in [0.1, 0.15) is 5.75 Å². The van der Waals surface area contributed by atoms with Gasteiger partial charge >= 0.3 is 0 Å². The fourth-order valence-electron chi connectivity index (χ4n) is 5.44. The molecule has 2 N–H and O–H groups in total. The average Bonchev–Trinajstić information content (AvgIpc) is 3.42. The van der Waals surface area contributed by atoms with E-state index in [1.54, 1.807) is 13.3 Å². The van der Waals surface area contributed by atoms with Crippen LogP contribution in [0.3, 0.4) is 0 Å². The molecule has 1 amide bonds. The van der Waals surface area contributed by atoms with Crippen LogP contribution in [-0.4, -0.2) is 39.1 Å². The van der Waals surface area contributed by atoms with E-state index in [1.165, 1.54) is 5.56 Å². The molecule has 0 bridgehead atoms. The maximum atomic E-state index is 13.0. The van der Waals surface area contributed by atoms with Gasteiger partial charge in [-0.25, -0.2) is 0 Å². The quantitative estimate of drug-likeness (QED) is 0.276. The Morgan fingerprint density at radius 1 is 1.05 bits per heavy atom. The van der Waals surface area contributed by atoms with E-state index in [1.807, 2.05) is 42.5 Å². The van der Waals surface area contributed by atoms with Gasteiger partial charge < -0.3 is 24.8 Å². The second-order valence-corrected chi connectivity index (χ2v) is 10.2. The smallest absolute Gasteiger partial charge is 0.226 e. The molecule has 1 aliphatic rings. The molecule has 2 aromatic heterocycles. The number of rotatable bonds is 8. The van der Waals surface area contributed by atoms with E-state index in [-0.39, 0.29) is 24.4 Å². The van der Waals surface area contributed by atoms with Crippen molar-refractivity contribution in [3.8, 4) is 11.4 Å². The Morgan fingerprint density at radius 3 is 2.54 bits per heavy atom. The number of hydrogen-bond donors (Lipinski definition) is 2. The molecule has 0 aliphatic carbocycles. The zero-order chi connectivity index (χ0) is 27.5. The highest BCUT2D eigenvalue weighted by molar-refractivity contribution is 7.80. The Bertz CT molecular complexity index is 1500. The number of pyridine rings is 1. The first-order valence-electron chi connectivity index (χ1n) is 13.0. The lowest BCUT2D eigenvalue weighted by molar-refractivity contribution is -0.116. The predicted octanol–water partition coefficient (Wildman–Crippen LogP) is 5.81. The summed E-state index contributed by atoms with van der Waals surface area (Å²) in [5.41, 5.74) is 7.36. The van der Waals surface area contributed by atoms with Crippen LogP contribution in [-0.2, 0) is 4.79 Å². The summed E-state index contributed by atoms with van der Waals surface area (Å²) in [4.78, 5) is 19.8. The van der Waals surface area contributed by atoms with Gasteiger partial charge in [-0.1, -0.05) is 36.4 Å². The number of anilines is 1. The van der Waals surface area contributed by atoms with Gasteiger partial charge in [-0.15, -0.1) is 0 Å². The van der Waals surface area contributed by atoms with Crippen LogP contribution in [0.4, 0.5) is 5.69 Å². The normalized spacial score (nSPS) is 16.7. The summed E-state index contributed by atoms with van der Waals surface area (Å²) in [6.07, 6.45) is 2.07. The van der Waals surface area contributed by atoms with Gasteiger partial charge in [-0.2, -0.15) is 0 Å². The molecular formula is C31H33N5O2S. The van der Waals surface area contributed by atoms with E-state index in [4.69, 9.17) is 17.0 Å². The van der Waals surface area contributed by atoms with Crippen LogP contribution < -0.4 is 15.4 Å². The number of ether oxygens (including phenoxy) is 1. The molecule has 2 atom stereocenters. The standard InChI is InChI=1S/C31H33N5O2S/c1-20-11-5-7-14-26(20)36-21(2)19-23(22(36)3)30-29(25-13-9-10-17-32-25)34-31(39)35(30)18-16-28(37)33-24-12-6-8-15-27(24)38-4/h5-15,17,19,29-30H,16,18H2,1-4H3,(H,33,37)(H,34,39). The highest BCUT2D eigenvalue weighted by atomic mass is 32.1. The summed E-state index contributed by atoms with van der Waals surface area (Å²) in [5.74, 6) is 0.522. The van der Waals surface area contributed by atoms with Crippen molar-refractivity contribution in [2.45, 2.75) is 39.3 Å². The number of methoxy groups -OCH3 is 1. The number of thiocarbonyl (C=S) groups is 1. The number of nitrogens with one attached hydrogen (secondary N) is 2. The number of aromatic nitrogens is 2. The van der Waals surface area contributed by atoms with E-state index < -0.39 is 0 Å². The van der Waals surface area contributed by atoms with Crippen LogP contribution >= 0.6 is 12.2 Å². The molecule has 4 aromatic rings. The van der Waals surface area contributed by atoms with E-state index in [0.717, 1.165) is 28.3 Å². The molecule has 2 aromatic carbocycles. The van der Waals surface area contributed by atoms with Gasteiger partial charge in [0, 0.05) is 36.2 Å².